The van der Waals surface area contributed by atoms with Crippen molar-refractivity contribution in [3.05, 3.63) is 34.9 Å². The Morgan fingerprint density at radius 2 is 1.96 bits per heavy atom. The van der Waals surface area contributed by atoms with Gasteiger partial charge in [0, 0.05) is 17.6 Å². The molecule has 0 saturated carbocycles. The molecule has 2 atom stereocenters. The van der Waals surface area contributed by atoms with E-state index < -0.39 is 28.5 Å². The highest BCUT2D eigenvalue weighted by Gasteiger charge is 2.45. The lowest BCUT2D eigenvalue weighted by molar-refractivity contribution is -0.153. The topological polar surface area (TPSA) is 58.6 Å². The van der Waals surface area contributed by atoms with Gasteiger partial charge in [-0.1, -0.05) is 23.7 Å². The number of halogens is 4. The van der Waals surface area contributed by atoms with Gasteiger partial charge in [-0.05, 0) is 24.6 Å². The summed E-state index contributed by atoms with van der Waals surface area (Å²) in [5.41, 5.74) is -0.230. The van der Waals surface area contributed by atoms with Crippen molar-refractivity contribution in [2.24, 2.45) is 0 Å². The van der Waals surface area contributed by atoms with Crippen molar-refractivity contribution < 1.29 is 26.3 Å². The van der Waals surface area contributed by atoms with Crippen molar-refractivity contribution in [3.63, 3.8) is 0 Å². The third kappa shape index (κ3) is 4.57. The molecule has 1 N–H and O–H groups in total. The zero-order valence-corrected chi connectivity index (χ0v) is 13.7. The summed E-state index contributed by atoms with van der Waals surface area (Å²) in [5.74, 6) is 0. The van der Waals surface area contributed by atoms with Crippen LogP contribution in [0.1, 0.15) is 18.5 Å². The van der Waals surface area contributed by atoms with E-state index in [1.165, 1.54) is 12.1 Å². The molecule has 0 aromatic heterocycles. The van der Waals surface area contributed by atoms with Crippen LogP contribution in [0.2, 0.25) is 5.02 Å². The SMILES string of the molecule is C[C@@H]1COCCN1S(=O)(=O)N[C@H](c1ccc(Cl)cc1)C(F)(F)F. The Labute approximate surface area is 137 Å². The molecule has 10 heteroatoms. The smallest absolute Gasteiger partial charge is 0.378 e. The second-order valence-electron chi connectivity index (χ2n) is 5.18. The molecule has 1 aromatic carbocycles. The van der Waals surface area contributed by atoms with Gasteiger partial charge < -0.3 is 4.74 Å². The lowest BCUT2D eigenvalue weighted by Gasteiger charge is -2.34. The Balaban J connectivity index is 2.28. The van der Waals surface area contributed by atoms with E-state index in [4.69, 9.17) is 16.3 Å². The number of benzene rings is 1. The first-order chi connectivity index (χ1) is 10.6. The lowest BCUT2D eigenvalue weighted by atomic mass is 10.1. The minimum Gasteiger partial charge on any atom is -0.378 e. The molecule has 0 bridgehead atoms. The first kappa shape index (κ1) is 18.5. The normalized spacial score (nSPS) is 22.0. The zero-order chi connectivity index (χ0) is 17.3. The highest BCUT2D eigenvalue weighted by atomic mass is 35.5. The fourth-order valence-corrected chi connectivity index (χ4v) is 3.94. The van der Waals surface area contributed by atoms with Gasteiger partial charge in [-0.25, -0.2) is 0 Å². The average Bonchev–Trinajstić information content (AvgIpc) is 2.45. The molecule has 23 heavy (non-hydrogen) atoms. The monoisotopic (exact) mass is 372 g/mol. The molecule has 2 rings (SSSR count). The van der Waals surface area contributed by atoms with Crippen LogP contribution in [0, 0.1) is 0 Å². The van der Waals surface area contributed by atoms with Crippen LogP contribution in [0.15, 0.2) is 24.3 Å². The zero-order valence-electron chi connectivity index (χ0n) is 12.2. The van der Waals surface area contributed by atoms with Crippen LogP contribution in [-0.2, 0) is 14.9 Å². The molecule has 1 aliphatic heterocycles. The maximum Gasteiger partial charge on any atom is 0.408 e. The highest BCUT2D eigenvalue weighted by Crippen LogP contribution is 2.34. The van der Waals surface area contributed by atoms with Gasteiger partial charge in [0.2, 0.25) is 0 Å². The van der Waals surface area contributed by atoms with Crippen molar-refractivity contribution in [1.29, 1.82) is 0 Å². The predicted molar refractivity (Wildman–Crippen MR) is 79.3 cm³/mol. The standard InChI is InChI=1S/C13H16ClF3N2O3S/c1-9-8-22-7-6-19(9)23(20,21)18-12(13(15,16)17)10-2-4-11(14)5-3-10/h2-5,9,12,18H,6-8H2,1H3/t9-,12-/m1/s1. The van der Waals surface area contributed by atoms with Crippen LogP contribution in [0.4, 0.5) is 13.2 Å². The number of nitrogens with zero attached hydrogens (tertiary/aromatic N) is 1. The third-order valence-corrected chi connectivity index (χ3v) is 5.36. The minimum absolute atomic E-state index is 0.00168. The maximum atomic E-state index is 13.3. The van der Waals surface area contributed by atoms with Gasteiger partial charge in [-0.2, -0.15) is 30.6 Å². The molecule has 130 valence electrons. The van der Waals surface area contributed by atoms with Gasteiger partial charge in [0.1, 0.15) is 6.04 Å². The Bertz CT molecular complexity index is 637. The molecule has 0 amide bonds. The molecule has 0 unspecified atom stereocenters. The Kier molecular flexibility index (Phi) is 5.57. The van der Waals surface area contributed by atoms with E-state index in [1.54, 1.807) is 11.6 Å². The number of rotatable bonds is 4. The largest absolute Gasteiger partial charge is 0.408 e. The van der Waals surface area contributed by atoms with E-state index in [0.717, 1.165) is 16.4 Å². The lowest BCUT2D eigenvalue weighted by Crippen LogP contribution is -2.53. The quantitative estimate of drug-likeness (QED) is 0.883. The second kappa shape index (κ2) is 6.94. The average molecular weight is 373 g/mol. The number of ether oxygens (including phenoxy) is 1. The molecular formula is C13H16ClF3N2O3S. The number of hydrogen-bond donors (Lipinski definition) is 1. The van der Waals surface area contributed by atoms with E-state index in [-0.39, 0.29) is 30.3 Å². The summed E-state index contributed by atoms with van der Waals surface area (Å²) in [5, 5.41) is 0.263. The fraction of sp³-hybridized carbons (Fsp3) is 0.538. The van der Waals surface area contributed by atoms with Gasteiger partial charge in [0.25, 0.3) is 10.2 Å². The summed E-state index contributed by atoms with van der Waals surface area (Å²) in [7, 11) is -4.32. The first-order valence-corrected chi connectivity index (χ1v) is 8.62. The van der Waals surface area contributed by atoms with Crippen LogP contribution in [0.3, 0.4) is 0 Å². The summed E-state index contributed by atoms with van der Waals surface area (Å²) < 4.78 is 72.4. The van der Waals surface area contributed by atoms with Gasteiger partial charge in [-0.3, -0.25) is 0 Å². The Morgan fingerprint density at radius 1 is 1.35 bits per heavy atom. The summed E-state index contributed by atoms with van der Waals surface area (Å²) >= 11 is 5.66. The van der Waals surface area contributed by atoms with Gasteiger partial charge in [0.15, 0.2) is 0 Å². The molecule has 0 spiro atoms. The predicted octanol–water partition coefficient (Wildman–Crippen LogP) is 2.50. The second-order valence-corrected chi connectivity index (χ2v) is 7.28. The van der Waals surface area contributed by atoms with E-state index in [1.807, 2.05) is 0 Å². The van der Waals surface area contributed by atoms with E-state index in [2.05, 4.69) is 0 Å². The molecular weight excluding hydrogens is 357 g/mol. The fourth-order valence-electron chi connectivity index (χ4n) is 2.26. The molecule has 1 aromatic rings. The van der Waals surface area contributed by atoms with Crippen LogP contribution in [0.5, 0.6) is 0 Å². The van der Waals surface area contributed by atoms with E-state index >= 15 is 0 Å². The van der Waals surface area contributed by atoms with Crippen LogP contribution < -0.4 is 4.72 Å². The summed E-state index contributed by atoms with van der Waals surface area (Å²) in [6, 6.07) is 1.96. The number of morpholine rings is 1. The van der Waals surface area contributed by atoms with Crippen LogP contribution in [-0.4, -0.2) is 44.7 Å². The van der Waals surface area contributed by atoms with Crippen molar-refractivity contribution in [3.8, 4) is 0 Å². The molecule has 1 heterocycles. The Morgan fingerprint density at radius 3 is 2.48 bits per heavy atom. The molecule has 1 aliphatic rings. The van der Waals surface area contributed by atoms with Gasteiger partial charge in [-0.15, -0.1) is 0 Å². The minimum atomic E-state index is -4.78. The number of alkyl halides is 3. The Hall–Kier alpha value is -0.870. The molecule has 0 aliphatic carbocycles. The van der Waals surface area contributed by atoms with Gasteiger partial charge >= 0.3 is 6.18 Å². The summed E-state index contributed by atoms with van der Waals surface area (Å²) in [6.07, 6.45) is -4.78. The number of hydrogen-bond acceptors (Lipinski definition) is 3. The van der Waals surface area contributed by atoms with Crippen LogP contribution in [0.25, 0.3) is 0 Å². The van der Waals surface area contributed by atoms with E-state index in [0.29, 0.717) is 0 Å². The van der Waals surface area contributed by atoms with Crippen molar-refractivity contribution >= 4 is 21.8 Å². The van der Waals surface area contributed by atoms with E-state index in [9.17, 15) is 21.6 Å². The first-order valence-electron chi connectivity index (χ1n) is 6.80. The van der Waals surface area contributed by atoms with Crippen molar-refractivity contribution in [2.75, 3.05) is 19.8 Å². The van der Waals surface area contributed by atoms with Gasteiger partial charge in [0.05, 0.1) is 13.2 Å². The summed E-state index contributed by atoms with van der Waals surface area (Å²) in [6.45, 7) is 1.85. The number of nitrogens with one attached hydrogen (secondary N) is 1. The third-order valence-electron chi connectivity index (χ3n) is 3.41. The van der Waals surface area contributed by atoms with Crippen molar-refractivity contribution in [2.45, 2.75) is 25.2 Å². The molecule has 0 radical (unpaired) electrons. The van der Waals surface area contributed by atoms with Crippen LogP contribution >= 0.6 is 11.6 Å². The maximum absolute atomic E-state index is 13.3. The van der Waals surface area contributed by atoms with Crippen molar-refractivity contribution in [1.82, 2.24) is 9.03 Å². The highest BCUT2D eigenvalue weighted by molar-refractivity contribution is 7.87. The summed E-state index contributed by atoms with van der Waals surface area (Å²) in [4.78, 5) is 0. The molecule has 5 nitrogen and oxygen atoms in total. The molecule has 1 saturated heterocycles. The molecule has 1 fully saturated rings.